The molecule has 0 radical (unpaired) electrons. The average Bonchev–Trinajstić information content (AvgIpc) is 2.40. The molecular formula is C15H16N2O. The summed E-state index contributed by atoms with van der Waals surface area (Å²) in [7, 11) is 0. The van der Waals surface area contributed by atoms with E-state index in [0.29, 0.717) is 5.82 Å². The van der Waals surface area contributed by atoms with Crippen molar-refractivity contribution in [3.8, 4) is 11.1 Å². The first kappa shape index (κ1) is 12.3. The molecule has 2 aromatic rings. The zero-order valence-corrected chi connectivity index (χ0v) is 10.6. The maximum Gasteiger partial charge on any atom is 0.228 e. The van der Waals surface area contributed by atoms with Crippen LogP contribution < -0.4 is 5.32 Å². The highest BCUT2D eigenvalue weighted by atomic mass is 16.1. The first-order valence-electron chi connectivity index (χ1n) is 5.99. The number of pyridine rings is 1. The van der Waals surface area contributed by atoms with Crippen LogP contribution in [0.5, 0.6) is 0 Å². The summed E-state index contributed by atoms with van der Waals surface area (Å²) < 4.78 is 0. The second kappa shape index (κ2) is 5.45. The largest absolute Gasteiger partial charge is 0.310 e. The predicted octanol–water partition coefficient (Wildman–Crippen LogP) is 3.34. The highest BCUT2D eigenvalue weighted by Gasteiger charge is 2.07. The topological polar surface area (TPSA) is 42.0 Å². The van der Waals surface area contributed by atoms with Crippen molar-refractivity contribution in [1.29, 1.82) is 0 Å². The fraction of sp³-hybridized carbons (Fsp3) is 0.200. The maximum atomic E-state index is 11.5. The molecule has 0 aliphatic heterocycles. The first-order valence-corrected chi connectivity index (χ1v) is 5.99. The molecule has 1 aromatic heterocycles. The summed E-state index contributed by atoms with van der Waals surface area (Å²) in [6, 6.07) is 13.8. The molecule has 0 saturated carbocycles. The summed E-state index contributed by atoms with van der Waals surface area (Å²) in [5.41, 5.74) is 2.16. The Kier molecular flexibility index (Phi) is 3.72. The van der Waals surface area contributed by atoms with Crippen LogP contribution in [0.25, 0.3) is 11.1 Å². The van der Waals surface area contributed by atoms with Gasteiger partial charge >= 0.3 is 0 Å². The molecule has 1 heterocycles. The minimum absolute atomic E-state index is 0.0186. The van der Waals surface area contributed by atoms with E-state index in [4.69, 9.17) is 0 Å². The van der Waals surface area contributed by atoms with Crippen LogP contribution in [0.4, 0.5) is 5.82 Å². The van der Waals surface area contributed by atoms with Gasteiger partial charge in [-0.05, 0) is 17.7 Å². The van der Waals surface area contributed by atoms with Crippen molar-refractivity contribution in [3.63, 3.8) is 0 Å². The fourth-order valence-corrected chi connectivity index (χ4v) is 1.54. The van der Waals surface area contributed by atoms with Gasteiger partial charge in [0, 0.05) is 17.7 Å². The summed E-state index contributed by atoms with van der Waals surface area (Å²) in [4.78, 5) is 15.8. The SMILES string of the molecule is CC(C)C(=O)Nc1ccc(-c2ccccc2)cn1. The minimum Gasteiger partial charge on any atom is -0.310 e. The van der Waals surface area contributed by atoms with Gasteiger partial charge in [-0.2, -0.15) is 0 Å². The summed E-state index contributed by atoms with van der Waals surface area (Å²) in [5, 5.41) is 2.77. The van der Waals surface area contributed by atoms with Gasteiger partial charge in [0.2, 0.25) is 5.91 Å². The number of carbonyl (C=O) groups is 1. The lowest BCUT2D eigenvalue weighted by molar-refractivity contribution is -0.118. The van der Waals surface area contributed by atoms with Gasteiger partial charge in [-0.25, -0.2) is 4.98 Å². The van der Waals surface area contributed by atoms with Crippen molar-refractivity contribution in [2.45, 2.75) is 13.8 Å². The number of amides is 1. The van der Waals surface area contributed by atoms with Crippen LogP contribution >= 0.6 is 0 Å². The van der Waals surface area contributed by atoms with Crippen molar-refractivity contribution in [2.24, 2.45) is 5.92 Å². The van der Waals surface area contributed by atoms with Gasteiger partial charge in [0.1, 0.15) is 5.82 Å². The minimum atomic E-state index is -0.0411. The van der Waals surface area contributed by atoms with Crippen LogP contribution in [-0.4, -0.2) is 10.9 Å². The molecule has 2 rings (SSSR count). The van der Waals surface area contributed by atoms with Crippen molar-refractivity contribution in [2.75, 3.05) is 5.32 Å². The van der Waals surface area contributed by atoms with Crippen molar-refractivity contribution < 1.29 is 4.79 Å². The van der Waals surface area contributed by atoms with Crippen molar-refractivity contribution in [3.05, 3.63) is 48.7 Å². The number of rotatable bonds is 3. The van der Waals surface area contributed by atoms with Crippen LogP contribution in [0.1, 0.15) is 13.8 Å². The Morgan fingerprint density at radius 3 is 2.33 bits per heavy atom. The molecule has 1 aromatic carbocycles. The highest BCUT2D eigenvalue weighted by molar-refractivity contribution is 5.91. The highest BCUT2D eigenvalue weighted by Crippen LogP contribution is 2.19. The average molecular weight is 240 g/mol. The van der Waals surface area contributed by atoms with Gasteiger partial charge in [-0.15, -0.1) is 0 Å². The molecule has 1 N–H and O–H groups in total. The Morgan fingerprint density at radius 2 is 1.78 bits per heavy atom. The van der Waals surface area contributed by atoms with Crippen molar-refractivity contribution in [1.82, 2.24) is 4.98 Å². The summed E-state index contributed by atoms with van der Waals surface area (Å²) >= 11 is 0. The lowest BCUT2D eigenvalue weighted by atomic mass is 10.1. The van der Waals surface area contributed by atoms with Crippen LogP contribution in [0.3, 0.4) is 0 Å². The summed E-state index contributed by atoms with van der Waals surface area (Å²) in [6.45, 7) is 3.71. The zero-order chi connectivity index (χ0) is 13.0. The number of nitrogens with one attached hydrogen (secondary N) is 1. The lowest BCUT2D eigenvalue weighted by Gasteiger charge is -2.07. The fourth-order valence-electron chi connectivity index (χ4n) is 1.54. The molecule has 0 saturated heterocycles. The molecular weight excluding hydrogens is 224 g/mol. The number of nitrogens with zero attached hydrogens (tertiary/aromatic N) is 1. The summed E-state index contributed by atoms with van der Waals surface area (Å²) in [5.74, 6) is 0.531. The van der Waals surface area contributed by atoms with Crippen LogP contribution in [0.15, 0.2) is 48.7 Å². The second-order valence-corrected chi connectivity index (χ2v) is 4.44. The molecule has 3 heteroatoms. The van der Waals surface area contributed by atoms with E-state index in [1.807, 2.05) is 56.3 Å². The Hall–Kier alpha value is -2.16. The van der Waals surface area contributed by atoms with Gasteiger partial charge in [-0.3, -0.25) is 4.79 Å². The third-order valence-corrected chi connectivity index (χ3v) is 2.65. The molecule has 1 amide bonds. The zero-order valence-electron chi connectivity index (χ0n) is 10.6. The third kappa shape index (κ3) is 2.94. The van der Waals surface area contributed by atoms with Gasteiger partial charge in [0.05, 0.1) is 0 Å². The Labute approximate surface area is 107 Å². The third-order valence-electron chi connectivity index (χ3n) is 2.65. The van der Waals surface area contributed by atoms with Crippen molar-refractivity contribution >= 4 is 11.7 Å². The van der Waals surface area contributed by atoms with E-state index < -0.39 is 0 Å². The normalized spacial score (nSPS) is 10.4. The van der Waals surface area contributed by atoms with Gasteiger partial charge in [0.15, 0.2) is 0 Å². The van der Waals surface area contributed by atoms with E-state index in [1.54, 1.807) is 6.20 Å². The smallest absolute Gasteiger partial charge is 0.228 e. The molecule has 0 unspecified atom stereocenters. The Morgan fingerprint density at radius 1 is 1.06 bits per heavy atom. The Balaban J connectivity index is 2.13. The number of anilines is 1. The number of benzene rings is 1. The molecule has 0 bridgehead atoms. The van der Waals surface area contributed by atoms with Crippen LogP contribution in [-0.2, 0) is 4.79 Å². The molecule has 0 aliphatic rings. The van der Waals surface area contributed by atoms with Gasteiger partial charge in [0.25, 0.3) is 0 Å². The maximum absolute atomic E-state index is 11.5. The Bertz CT molecular complexity index is 518. The molecule has 0 atom stereocenters. The van der Waals surface area contributed by atoms with Gasteiger partial charge < -0.3 is 5.32 Å². The van der Waals surface area contributed by atoms with E-state index >= 15 is 0 Å². The van der Waals surface area contributed by atoms with E-state index in [1.165, 1.54) is 0 Å². The predicted molar refractivity (Wildman–Crippen MR) is 73.1 cm³/mol. The summed E-state index contributed by atoms with van der Waals surface area (Å²) in [6.07, 6.45) is 1.77. The number of hydrogen-bond donors (Lipinski definition) is 1. The molecule has 92 valence electrons. The number of hydrogen-bond acceptors (Lipinski definition) is 2. The molecule has 0 aliphatic carbocycles. The number of aromatic nitrogens is 1. The lowest BCUT2D eigenvalue weighted by Crippen LogP contribution is -2.18. The van der Waals surface area contributed by atoms with E-state index in [-0.39, 0.29) is 11.8 Å². The van der Waals surface area contributed by atoms with Gasteiger partial charge in [-0.1, -0.05) is 44.2 Å². The standard InChI is InChI=1S/C15H16N2O/c1-11(2)15(18)17-14-9-8-13(10-16-14)12-6-4-3-5-7-12/h3-11H,1-2H3,(H,16,17,18). The molecule has 0 spiro atoms. The van der Waals surface area contributed by atoms with E-state index in [2.05, 4.69) is 10.3 Å². The molecule has 3 nitrogen and oxygen atoms in total. The van der Waals surface area contributed by atoms with E-state index in [0.717, 1.165) is 11.1 Å². The van der Waals surface area contributed by atoms with Crippen LogP contribution in [0, 0.1) is 5.92 Å². The van der Waals surface area contributed by atoms with Crippen LogP contribution in [0.2, 0.25) is 0 Å². The quantitative estimate of drug-likeness (QED) is 0.894. The molecule has 18 heavy (non-hydrogen) atoms. The van der Waals surface area contributed by atoms with E-state index in [9.17, 15) is 4.79 Å². The second-order valence-electron chi connectivity index (χ2n) is 4.44. The first-order chi connectivity index (χ1) is 8.66. The molecule has 0 fully saturated rings. The monoisotopic (exact) mass is 240 g/mol. The number of carbonyl (C=O) groups excluding carboxylic acids is 1.